The summed E-state index contributed by atoms with van der Waals surface area (Å²) in [6.45, 7) is 4.60. The van der Waals surface area contributed by atoms with Crippen molar-refractivity contribution in [2.24, 2.45) is 5.73 Å². The molecular formula is C10H21NO3. The summed E-state index contributed by atoms with van der Waals surface area (Å²) in [6.07, 6.45) is 2.63. The second kappa shape index (κ2) is 5.07. The molecule has 0 spiro atoms. The van der Waals surface area contributed by atoms with Crippen molar-refractivity contribution >= 4 is 0 Å². The zero-order valence-corrected chi connectivity index (χ0v) is 9.03. The molecule has 0 aromatic heterocycles. The van der Waals surface area contributed by atoms with Crippen molar-refractivity contribution in [1.29, 1.82) is 0 Å². The first kappa shape index (κ1) is 11.9. The lowest BCUT2D eigenvalue weighted by molar-refractivity contribution is -0.301. The van der Waals surface area contributed by atoms with Gasteiger partial charge < -0.3 is 20.3 Å². The summed E-state index contributed by atoms with van der Waals surface area (Å²) in [7, 11) is 0. The van der Waals surface area contributed by atoms with Gasteiger partial charge in [-0.25, -0.2) is 0 Å². The van der Waals surface area contributed by atoms with Crippen LogP contribution in [-0.4, -0.2) is 36.3 Å². The minimum Gasteiger partial charge on any atom is -0.396 e. The highest BCUT2D eigenvalue weighted by molar-refractivity contribution is 4.76. The number of nitrogens with two attached hydrogens (primary N) is 1. The van der Waals surface area contributed by atoms with Gasteiger partial charge in [-0.3, -0.25) is 0 Å². The molecule has 4 heteroatoms. The number of aliphatic hydroxyl groups excluding tert-OH is 1. The van der Waals surface area contributed by atoms with Crippen LogP contribution in [0.4, 0.5) is 0 Å². The van der Waals surface area contributed by atoms with E-state index in [9.17, 15) is 0 Å². The molecular weight excluding hydrogens is 182 g/mol. The molecule has 0 aromatic carbocycles. The summed E-state index contributed by atoms with van der Waals surface area (Å²) in [5, 5.41) is 8.86. The Labute approximate surface area is 85.4 Å². The summed E-state index contributed by atoms with van der Waals surface area (Å²) in [5.74, 6) is -0.544. The Morgan fingerprint density at radius 1 is 1.29 bits per heavy atom. The second-order valence-electron chi connectivity index (χ2n) is 4.20. The van der Waals surface area contributed by atoms with Gasteiger partial charge in [-0.05, 0) is 33.2 Å². The standard InChI is InChI=1S/C10H21NO3/c1-10(2)13-8(3-5-11)7-9(14-10)4-6-12/h8-9,12H,3-7,11H2,1-2H3/t8-,9+/m1/s1. The summed E-state index contributed by atoms with van der Waals surface area (Å²) in [4.78, 5) is 0. The van der Waals surface area contributed by atoms with Crippen LogP contribution < -0.4 is 5.73 Å². The van der Waals surface area contributed by atoms with Gasteiger partial charge in [0, 0.05) is 13.0 Å². The molecule has 0 aliphatic carbocycles. The van der Waals surface area contributed by atoms with Gasteiger partial charge in [0.2, 0.25) is 0 Å². The molecule has 1 heterocycles. The first-order chi connectivity index (χ1) is 6.57. The number of rotatable bonds is 4. The summed E-state index contributed by atoms with van der Waals surface area (Å²) >= 11 is 0. The molecule has 0 bridgehead atoms. The van der Waals surface area contributed by atoms with Gasteiger partial charge in [0.25, 0.3) is 0 Å². The molecule has 3 N–H and O–H groups in total. The highest BCUT2D eigenvalue weighted by Gasteiger charge is 2.34. The molecule has 0 unspecified atom stereocenters. The number of ether oxygens (including phenoxy) is 2. The Kier molecular flexibility index (Phi) is 4.31. The van der Waals surface area contributed by atoms with Crippen LogP contribution in [-0.2, 0) is 9.47 Å². The van der Waals surface area contributed by atoms with Crippen LogP contribution in [0.2, 0.25) is 0 Å². The predicted molar refractivity (Wildman–Crippen MR) is 53.8 cm³/mol. The van der Waals surface area contributed by atoms with Gasteiger partial charge in [-0.15, -0.1) is 0 Å². The lowest BCUT2D eigenvalue weighted by atomic mass is 10.0. The molecule has 1 aliphatic heterocycles. The molecule has 84 valence electrons. The summed E-state index contributed by atoms with van der Waals surface area (Å²) in [5.41, 5.74) is 5.50. The Morgan fingerprint density at radius 2 is 1.86 bits per heavy atom. The quantitative estimate of drug-likeness (QED) is 0.703. The third-order valence-electron chi connectivity index (χ3n) is 2.37. The van der Waals surface area contributed by atoms with Crippen LogP contribution in [0.5, 0.6) is 0 Å². The Bertz CT molecular complexity index is 157. The normalized spacial score (nSPS) is 31.7. The van der Waals surface area contributed by atoms with Gasteiger partial charge in [0.1, 0.15) is 0 Å². The van der Waals surface area contributed by atoms with E-state index < -0.39 is 5.79 Å². The molecule has 14 heavy (non-hydrogen) atoms. The van der Waals surface area contributed by atoms with Gasteiger partial charge in [-0.2, -0.15) is 0 Å². The van der Waals surface area contributed by atoms with E-state index >= 15 is 0 Å². The maximum absolute atomic E-state index is 8.86. The molecule has 0 aromatic rings. The van der Waals surface area contributed by atoms with Crippen LogP contribution in [0.25, 0.3) is 0 Å². The van der Waals surface area contributed by atoms with E-state index in [1.807, 2.05) is 13.8 Å². The van der Waals surface area contributed by atoms with Crippen molar-refractivity contribution in [3.05, 3.63) is 0 Å². The van der Waals surface area contributed by atoms with E-state index in [1.54, 1.807) is 0 Å². The summed E-state index contributed by atoms with van der Waals surface area (Å²) in [6, 6.07) is 0. The first-order valence-corrected chi connectivity index (χ1v) is 5.24. The van der Waals surface area contributed by atoms with Crippen molar-refractivity contribution in [2.75, 3.05) is 13.2 Å². The van der Waals surface area contributed by atoms with Crippen LogP contribution in [0.15, 0.2) is 0 Å². The van der Waals surface area contributed by atoms with E-state index in [1.165, 1.54) is 0 Å². The number of aliphatic hydroxyl groups is 1. The third kappa shape index (κ3) is 3.53. The van der Waals surface area contributed by atoms with Gasteiger partial charge in [-0.1, -0.05) is 0 Å². The van der Waals surface area contributed by atoms with Crippen molar-refractivity contribution in [3.63, 3.8) is 0 Å². The lowest BCUT2D eigenvalue weighted by Crippen LogP contribution is -2.45. The molecule has 1 saturated heterocycles. The topological polar surface area (TPSA) is 64.7 Å². The average Bonchev–Trinajstić information content (AvgIpc) is 2.01. The maximum Gasteiger partial charge on any atom is 0.163 e. The zero-order valence-electron chi connectivity index (χ0n) is 9.03. The fourth-order valence-electron chi connectivity index (χ4n) is 1.90. The first-order valence-electron chi connectivity index (χ1n) is 5.24. The van der Waals surface area contributed by atoms with E-state index in [4.69, 9.17) is 20.3 Å². The minimum absolute atomic E-state index is 0.0975. The van der Waals surface area contributed by atoms with Gasteiger partial charge >= 0.3 is 0 Å². The minimum atomic E-state index is -0.544. The molecule has 1 fully saturated rings. The Morgan fingerprint density at radius 3 is 2.36 bits per heavy atom. The van der Waals surface area contributed by atoms with Gasteiger partial charge in [0.15, 0.2) is 5.79 Å². The number of hydrogen-bond donors (Lipinski definition) is 2. The summed E-state index contributed by atoms with van der Waals surface area (Å²) < 4.78 is 11.4. The van der Waals surface area contributed by atoms with Crippen molar-refractivity contribution in [1.82, 2.24) is 0 Å². The average molecular weight is 203 g/mol. The highest BCUT2D eigenvalue weighted by Crippen LogP contribution is 2.29. The molecule has 0 amide bonds. The molecule has 1 rings (SSSR count). The zero-order chi connectivity index (χ0) is 10.6. The smallest absolute Gasteiger partial charge is 0.163 e. The van der Waals surface area contributed by atoms with E-state index in [-0.39, 0.29) is 18.8 Å². The third-order valence-corrected chi connectivity index (χ3v) is 2.37. The van der Waals surface area contributed by atoms with Crippen LogP contribution >= 0.6 is 0 Å². The van der Waals surface area contributed by atoms with Gasteiger partial charge in [0.05, 0.1) is 12.2 Å². The molecule has 0 radical (unpaired) electrons. The SMILES string of the molecule is CC1(C)O[C@H](CCN)C[C@H](CCO)O1. The van der Waals surface area contributed by atoms with Crippen LogP contribution in [0.1, 0.15) is 33.1 Å². The van der Waals surface area contributed by atoms with E-state index in [0.29, 0.717) is 13.0 Å². The lowest BCUT2D eigenvalue weighted by Gasteiger charge is -2.40. The second-order valence-corrected chi connectivity index (χ2v) is 4.20. The monoisotopic (exact) mass is 203 g/mol. The molecule has 2 atom stereocenters. The van der Waals surface area contributed by atoms with Crippen molar-refractivity contribution < 1.29 is 14.6 Å². The largest absolute Gasteiger partial charge is 0.396 e. The fourth-order valence-corrected chi connectivity index (χ4v) is 1.90. The van der Waals surface area contributed by atoms with Crippen LogP contribution in [0, 0.1) is 0 Å². The van der Waals surface area contributed by atoms with Crippen LogP contribution in [0.3, 0.4) is 0 Å². The predicted octanol–water partition coefficient (Wildman–Crippen LogP) is 0.628. The molecule has 0 saturated carbocycles. The van der Waals surface area contributed by atoms with Crippen molar-refractivity contribution in [3.8, 4) is 0 Å². The van der Waals surface area contributed by atoms with Crippen molar-refractivity contribution in [2.45, 2.75) is 51.1 Å². The molecule has 1 aliphatic rings. The Hall–Kier alpha value is -0.160. The maximum atomic E-state index is 8.86. The molecule has 4 nitrogen and oxygen atoms in total. The highest BCUT2D eigenvalue weighted by atomic mass is 16.7. The van der Waals surface area contributed by atoms with E-state index in [2.05, 4.69) is 0 Å². The van der Waals surface area contributed by atoms with E-state index in [0.717, 1.165) is 12.8 Å². The number of hydrogen-bond acceptors (Lipinski definition) is 4. The fraction of sp³-hybridized carbons (Fsp3) is 1.00. The Balaban J connectivity index is 2.48.